The molecule has 0 saturated carbocycles. The second-order valence-corrected chi connectivity index (χ2v) is 7.27. The van der Waals surface area contributed by atoms with Gasteiger partial charge < -0.3 is 4.74 Å². The minimum Gasteiger partial charge on any atom is -0.496 e. The molecule has 0 radical (unpaired) electrons. The maximum absolute atomic E-state index is 5.41. The first kappa shape index (κ1) is 13.6. The van der Waals surface area contributed by atoms with Crippen LogP contribution in [0.25, 0.3) is 0 Å². The number of hydrogen-bond acceptors (Lipinski definition) is 1. The third-order valence-corrected chi connectivity index (χ3v) is 2.86. The van der Waals surface area contributed by atoms with Gasteiger partial charge in [0, 0.05) is 4.32 Å². The Kier molecular flexibility index (Phi) is 4.43. The zero-order valence-corrected chi connectivity index (χ0v) is 12.4. The predicted octanol–water partition coefficient (Wildman–Crippen LogP) is 4.53. The van der Waals surface area contributed by atoms with Crippen molar-refractivity contribution >= 4 is 15.9 Å². The van der Waals surface area contributed by atoms with Gasteiger partial charge in [-0.1, -0.05) is 41.9 Å². The van der Waals surface area contributed by atoms with Gasteiger partial charge in [-0.15, -0.1) is 0 Å². The summed E-state index contributed by atoms with van der Waals surface area (Å²) in [6.07, 6.45) is 0.969. The molecule has 0 spiro atoms. The van der Waals surface area contributed by atoms with E-state index in [0.29, 0.717) is 5.92 Å². The largest absolute Gasteiger partial charge is 0.496 e. The highest BCUT2D eigenvalue weighted by atomic mass is 79.9. The third kappa shape index (κ3) is 3.82. The van der Waals surface area contributed by atoms with Crippen LogP contribution in [0.2, 0.25) is 0 Å². The Balaban J connectivity index is 3.07. The van der Waals surface area contributed by atoms with Crippen molar-refractivity contribution in [2.24, 2.45) is 0 Å². The van der Waals surface area contributed by atoms with Crippen LogP contribution in [0.3, 0.4) is 0 Å². The summed E-state index contributed by atoms with van der Waals surface area (Å²) < 4.78 is 5.51. The zero-order chi connectivity index (χ0) is 12.3. The highest BCUT2D eigenvalue weighted by molar-refractivity contribution is 9.10. The Morgan fingerprint density at radius 2 is 1.94 bits per heavy atom. The molecule has 0 atom stereocenters. The van der Waals surface area contributed by atoms with Crippen molar-refractivity contribution in [2.45, 2.75) is 44.4 Å². The van der Waals surface area contributed by atoms with E-state index in [2.05, 4.69) is 61.8 Å². The Morgan fingerprint density at radius 3 is 2.38 bits per heavy atom. The molecule has 1 aromatic carbocycles. The molecule has 16 heavy (non-hydrogen) atoms. The highest BCUT2D eigenvalue weighted by Gasteiger charge is 2.17. The van der Waals surface area contributed by atoms with E-state index >= 15 is 0 Å². The van der Waals surface area contributed by atoms with Gasteiger partial charge in [-0.05, 0) is 43.4 Å². The lowest BCUT2D eigenvalue weighted by molar-refractivity contribution is 0.408. The lowest BCUT2D eigenvalue weighted by Gasteiger charge is -2.19. The van der Waals surface area contributed by atoms with E-state index in [1.54, 1.807) is 7.11 Å². The van der Waals surface area contributed by atoms with E-state index in [0.717, 1.165) is 12.2 Å². The molecular weight excluding hydrogens is 264 g/mol. The van der Waals surface area contributed by atoms with Crippen molar-refractivity contribution in [2.75, 3.05) is 7.11 Å². The molecule has 1 aromatic rings. The second-order valence-electron chi connectivity index (χ2n) is 5.12. The number of hydrogen-bond donors (Lipinski definition) is 0. The van der Waals surface area contributed by atoms with E-state index in [1.807, 2.05) is 0 Å². The molecule has 0 aliphatic heterocycles. The summed E-state index contributed by atoms with van der Waals surface area (Å²) in [7, 11) is 1.73. The van der Waals surface area contributed by atoms with Gasteiger partial charge in [0.2, 0.25) is 0 Å². The van der Waals surface area contributed by atoms with Crippen LogP contribution in [0, 0.1) is 0 Å². The van der Waals surface area contributed by atoms with Crippen molar-refractivity contribution in [3.05, 3.63) is 29.3 Å². The lowest BCUT2D eigenvalue weighted by Crippen LogP contribution is -2.14. The quantitative estimate of drug-likeness (QED) is 0.738. The number of benzene rings is 1. The molecule has 0 heterocycles. The van der Waals surface area contributed by atoms with Crippen LogP contribution >= 0.6 is 15.9 Å². The van der Waals surface area contributed by atoms with Gasteiger partial charge in [0.25, 0.3) is 0 Å². The van der Waals surface area contributed by atoms with E-state index in [4.69, 9.17) is 4.74 Å². The molecule has 1 nitrogen and oxygen atoms in total. The molecule has 0 saturated heterocycles. The van der Waals surface area contributed by atoms with Crippen LogP contribution in [0.5, 0.6) is 5.75 Å². The summed E-state index contributed by atoms with van der Waals surface area (Å²) >= 11 is 3.68. The van der Waals surface area contributed by atoms with Gasteiger partial charge in [-0.3, -0.25) is 0 Å². The van der Waals surface area contributed by atoms with Gasteiger partial charge in [-0.25, -0.2) is 0 Å². The molecule has 0 fully saturated rings. The Morgan fingerprint density at radius 1 is 1.31 bits per heavy atom. The standard InChI is InChI=1S/C14H21BrO/c1-10(2)11-6-7-13(16-5)12(8-11)9-14(3,4)15/h6-8,10H,9H2,1-5H3. The average molecular weight is 285 g/mol. The monoisotopic (exact) mass is 284 g/mol. The smallest absolute Gasteiger partial charge is 0.122 e. The Hall–Kier alpha value is -0.500. The lowest BCUT2D eigenvalue weighted by atomic mass is 9.95. The predicted molar refractivity (Wildman–Crippen MR) is 73.8 cm³/mol. The Labute approximate surface area is 107 Å². The molecule has 0 aliphatic rings. The molecule has 0 amide bonds. The summed E-state index contributed by atoms with van der Waals surface area (Å²) in [4.78, 5) is 0. The molecule has 90 valence electrons. The van der Waals surface area contributed by atoms with Crippen LogP contribution in [-0.2, 0) is 6.42 Å². The Bertz CT molecular complexity index is 350. The van der Waals surface area contributed by atoms with E-state index in [1.165, 1.54) is 11.1 Å². The zero-order valence-electron chi connectivity index (χ0n) is 10.8. The maximum Gasteiger partial charge on any atom is 0.122 e. The summed E-state index contributed by atoms with van der Waals surface area (Å²) in [5, 5.41) is 0. The number of halogens is 1. The maximum atomic E-state index is 5.41. The third-order valence-electron chi connectivity index (χ3n) is 2.58. The SMILES string of the molecule is COc1ccc(C(C)C)cc1CC(C)(C)Br. The highest BCUT2D eigenvalue weighted by Crippen LogP contribution is 2.30. The summed E-state index contributed by atoms with van der Waals surface area (Å²) in [5.74, 6) is 1.54. The fraction of sp³-hybridized carbons (Fsp3) is 0.571. The fourth-order valence-electron chi connectivity index (χ4n) is 1.75. The number of methoxy groups -OCH3 is 1. The number of rotatable bonds is 4. The minimum atomic E-state index is 0.107. The van der Waals surface area contributed by atoms with Crippen molar-refractivity contribution in [3.63, 3.8) is 0 Å². The van der Waals surface area contributed by atoms with Crippen molar-refractivity contribution in [1.82, 2.24) is 0 Å². The number of alkyl halides is 1. The molecule has 0 bridgehead atoms. The van der Waals surface area contributed by atoms with Crippen LogP contribution in [0.1, 0.15) is 44.7 Å². The first-order valence-corrected chi connectivity index (χ1v) is 6.48. The molecule has 0 aromatic heterocycles. The van der Waals surface area contributed by atoms with Crippen LogP contribution in [-0.4, -0.2) is 11.4 Å². The fourth-order valence-corrected chi connectivity index (χ4v) is 2.05. The number of ether oxygens (including phenoxy) is 1. The minimum absolute atomic E-state index is 0.107. The van der Waals surface area contributed by atoms with E-state index < -0.39 is 0 Å². The van der Waals surface area contributed by atoms with E-state index in [-0.39, 0.29) is 4.32 Å². The van der Waals surface area contributed by atoms with Crippen molar-refractivity contribution < 1.29 is 4.74 Å². The van der Waals surface area contributed by atoms with Gasteiger partial charge in [0.15, 0.2) is 0 Å². The molecule has 2 heteroatoms. The summed E-state index contributed by atoms with van der Waals surface area (Å²) in [6.45, 7) is 8.78. The van der Waals surface area contributed by atoms with Crippen LogP contribution in [0.15, 0.2) is 18.2 Å². The first-order valence-electron chi connectivity index (χ1n) is 5.69. The topological polar surface area (TPSA) is 9.23 Å². The molecular formula is C14H21BrO. The van der Waals surface area contributed by atoms with Gasteiger partial charge >= 0.3 is 0 Å². The van der Waals surface area contributed by atoms with Gasteiger partial charge in [0.05, 0.1) is 7.11 Å². The van der Waals surface area contributed by atoms with Gasteiger partial charge in [-0.2, -0.15) is 0 Å². The van der Waals surface area contributed by atoms with Crippen LogP contribution < -0.4 is 4.74 Å². The van der Waals surface area contributed by atoms with Crippen LogP contribution in [0.4, 0.5) is 0 Å². The van der Waals surface area contributed by atoms with E-state index in [9.17, 15) is 0 Å². The normalized spacial score (nSPS) is 11.9. The molecule has 0 N–H and O–H groups in total. The first-order chi connectivity index (χ1) is 7.33. The molecule has 0 aliphatic carbocycles. The summed E-state index contributed by atoms with van der Waals surface area (Å²) in [5.41, 5.74) is 2.64. The van der Waals surface area contributed by atoms with Crippen molar-refractivity contribution in [3.8, 4) is 5.75 Å². The molecule has 1 rings (SSSR count). The average Bonchev–Trinajstić information content (AvgIpc) is 2.15. The van der Waals surface area contributed by atoms with Gasteiger partial charge in [0.1, 0.15) is 5.75 Å². The second kappa shape index (κ2) is 5.22. The summed E-state index contributed by atoms with van der Waals surface area (Å²) in [6, 6.07) is 6.48. The molecule has 0 unspecified atom stereocenters. The van der Waals surface area contributed by atoms with Crippen molar-refractivity contribution in [1.29, 1.82) is 0 Å².